The van der Waals surface area contributed by atoms with Gasteiger partial charge in [-0.05, 0) is 30.2 Å². The van der Waals surface area contributed by atoms with E-state index in [0.717, 1.165) is 11.1 Å². The molecule has 0 aliphatic heterocycles. The smallest absolute Gasteiger partial charge is 0.0700 e. The number of fused-ring (bicyclic) bond motifs is 1. The molecule has 1 aromatic carbocycles. The van der Waals surface area contributed by atoms with E-state index in [-0.39, 0.29) is 0 Å². The Bertz CT molecular complexity index is 325. The van der Waals surface area contributed by atoms with Crippen molar-refractivity contribution in [2.24, 2.45) is 0 Å². The molecule has 0 atom stereocenters. The fourth-order valence-electron chi connectivity index (χ4n) is 1.84. The second kappa shape index (κ2) is 2.88. The quantitative estimate of drug-likeness (QED) is 0.708. The number of hydrogen-bond acceptors (Lipinski definition) is 1. The summed E-state index contributed by atoms with van der Waals surface area (Å²) < 4.78 is 0. The maximum atomic E-state index is 9.81. The Morgan fingerprint density at radius 1 is 1.15 bits per heavy atom. The first-order valence-electron chi connectivity index (χ1n) is 4.17. The van der Waals surface area contributed by atoms with E-state index in [1.165, 1.54) is 0 Å². The van der Waals surface area contributed by atoms with E-state index in [2.05, 4.69) is 0 Å². The Morgan fingerprint density at radius 3 is 1.92 bits per heavy atom. The van der Waals surface area contributed by atoms with Gasteiger partial charge < -0.3 is 5.11 Å². The van der Waals surface area contributed by atoms with Gasteiger partial charge in [0, 0.05) is 12.8 Å². The van der Waals surface area contributed by atoms with Crippen LogP contribution in [0.25, 0.3) is 0 Å². The molecule has 0 aromatic heterocycles. The zero-order valence-electron chi connectivity index (χ0n) is 7.27. The van der Waals surface area contributed by atoms with Crippen molar-refractivity contribution in [1.82, 2.24) is 0 Å². The van der Waals surface area contributed by atoms with Gasteiger partial charge in [0.1, 0.15) is 0 Å². The van der Waals surface area contributed by atoms with E-state index >= 15 is 0 Å². The van der Waals surface area contributed by atoms with Crippen LogP contribution in [0.3, 0.4) is 0 Å². The number of benzene rings is 1. The van der Waals surface area contributed by atoms with Gasteiger partial charge in [0.15, 0.2) is 0 Å². The maximum absolute atomic E-state index is 9.81. The molecule has 0 saturated carbocycles. The minimum absolute atomic E-state index is 0.568. The molecule has 1 aliphatic carbocycles. The first-order valence-corrected chi connectivity index (χ1v) is 4.93. The van der Waals surface area contributed by atoms with Gasteiger partial charge in [0.25, 0.3) is 0 Å². The van der Waals surface area contributed by atoms with Crippen molar-refractivity contribution in [1.29, 1.82) is 0 Å². The van der Waals surface area contributed by atoms with E-state index in [1.807, 2.05) is 19.1 Å². The summed E-state index contributed by atoms with van der Waals surface area (Å²) in [5, 5.41) is 10.9. The lowest BCUT2D eigenvalue weighted by molar-refractivity contribution is 0.0719. The van der Waals surface area contributed by atoms with Crippen molar-refractivity contribution >= 4 is 23.2 Å². The predicted molar refractivity (Wildman–Crippen MR) is 54.5 cm³/mol. The van der Waals surface area contributed by atoms with E-state index in [4.69, 9.17) is 23.2 Å². The van der Waals surface area contributed by atoms with Crippen molar-refractivity contribution in [3.05, 3.63) is 33.3 Å². The van der Waals surface area contributed by atoms with Crippen LogP contribution in [0.5, 0.6) is 0 Å². The average molecular weight is 217 g/mol. The second-order valence-corrected chi connectivity index (χ2v) is 4.70. The Morgan fingerprint density at radius 2 is 1.54 bits per heavy atom. The van der Waals surface area contributed by atoms with Crippen molar-refractivity contribution in [2.45, 2.75) is 25.4 Å². The summed E-state index contributed by atoms with van der Waals surface area (Å²) in [6.07, 6.45) is 1.33. The van der Waals surface area contributed by atoms with Crippen LogP contribution in [0.1, 0.15) is 18.1 Å². The highest BCUT2D eigenvalue weighted by atomic mass is 35.5. The molecule has 0 bridgehead atoms. The summed E-state index contributed by atoms with van der Waals surface area (Å²) in [4.78, 5) is 0. The highest BCUT2D eigenvalue weighted by Crippen LogP contribution is 2.35. The SMILES string of the molecule is CC1(O)Cc2cc(Cl)c(Cl)cc2C1. The highest BCUT2D eigenvalue weighted by molar-refractivity contribution is 6.42. The van der Waals surface area contributed by atoms with Crippen LogP contribution in [0.15, 0.2) is 12.1 Å². The normalized spacial score (nSPS) is 18.8. The summed E-state index contributed by atoms with van der Waals surface area (Å²) in [6, 6.07) is 3.70. The van der Waals surface area contributed by atoms with Gasteiger partial charge in [-0.3, -0.25) is 0 Å². The molecule has 1 aromatic rings. The Balaban J connectivity index is 2.48. The van der Waals surface area contributed by atoms with Gasteiger partial charge in [-0.15, -0.1) is 0 Å². The van der Waals surface area contributed by atoms with Crippen LogP contribution < -0.4 is 0 Å². The molecule has 0 fully saturated rings. The minimum Gasteiger partial charge on any atom is -0.389 e. The van der Waals surface area contributed by atoms with E-state index in [0.29, 0.717) is 22.9 Å². The molecule has 1 N–H and O–H groups in total. The fraction of sp³-hybridized carbons (Fsp3) is 0.400. The molecule has 0 heterocycles. The number of aliphatic hydroxyl groups is 1. The van der Waals surface area contributed by atoms with E-state index in [9.17, 15) is 5.11 Å². The summed E-state index contributed by atoms with van der Waals surface area (Å²) in [5.74, 6) is 0. The monoisotopic (exact) mass is 216 g/mol. The number of halogens is 2. The molecular weight excluding hydrogens is 207 g/mol. The second-order valence-electron chi connectivity index (χ2n) is 3.89. The van der Waals surface area contributed by atoms with Crippen LogP contribution in [0, 0.1) is 0 Å². The minimum atomic E-state index is -0.629. The maximum Gasteiger partial charge on any atom is 0.0700 e. The summed E-state index contributed by atoms with van der Waals surface area (Å²) >= 11 is 11.7. The van der Waals surface area contributed by atoms with E-state index < -0.39 is 5.60 Å². The topological polar surface area (TPSA) is 20.2 Å². The van der Waals surface area contributed by atoms with E-state index in [1.54, 1.807) is 0 Å². The van der Waals surface area contributed by atoms with Gasteiger partial charge in [-0.1, -0.05) is 23.2 Å². The molecule has 1 aliphatic rings. The summed E-state index contributed by atoms with van der Waals surface area (Å²) in [5.41, 5.74) is 1.59. The zero-order valence-corrected chi connectivity index (χ0v) is 8.78. The van der Waals surface area contributed by atoms with Crippen LogP contribution in [0.4, 0.5) is 0 Å². The van der Waals surface area contributed by atoms with Crippen LogP contribution in [-0.2, 0) is 12.8 Å². The third kappa shape index (κ3) is 1.69. The molecule has 70 valence electrons. The Kier molecular flexibility index (Phi) is 2.06. The summed E-state index contributed by atoms with van der Waals surface area (Å²) in [7, 11) is 0. The lowest BCUT2D eigenvalue weighted by Gasteiger charge is -2.13. The first-order chi connectivity index (χ1) is 5.98. The third-order valence-corrected chi connectivity index (χ3v) is 3.11. The van der Waals surface area contributed by atoms with Crippen LogP contribution in [-0.4, -0.2) is 10.7 Å². The predicted octanol–water partition coefficient (Wildman–Crippen LogP) is 2.84. The number of rotatable bonds is 0. The van der Waals surface area contributed by atoms with Crippen molar-refractivity contribution in [3.8, 4) is 0 Å². The van der Waals surface area contributed by atoms with Gasteiger partial charge in [-0.25, -0.2) is 0 Å². The highest BCUT2D eigenvalue weighted by Gasteiger charge is 2.30. The fourth-order valence-corrected chi connectivity index (χ4v) is 2.21. The van der Waals surface area contributed by atoms with Crippen molar-refractivity contribution in [3.63, 3.8) is 0 Å². The molecule has 0 unspecified atom stereocenters. The standard InChI is InChI=1S/C10H10Cl2O/c1-10(13)4-6-2-8(11)9(12)3-7(6)5-10/h2-3,13H,4-5H2,1H3. The first kappa shape index (κ1) is 9.32. The molecule has 3 heteroatoms. The molecule has 1 nitrogen and oxygen atoms in total. The Hall–Kier alpha value is -0.240. The Labute approximate surface area is 87.3 Å². The van der Waals surface area contributed by atoms with Crippen molar-refractivity contribution < 1.29 is 5.11 Å². The number of hydrogen-bond donors (Lipinski definition) is 1. The third-order valence-electron chi connectivity index (χ3n) is 2.39. The molecule has 2 rings (SSSR count). The lowest BCUT2D eigenvalue weighted by atomic mass is 10.0. The van der Waals surface area contributed by atoms with Crippen LogP contribution in [0.2, 0.25) is 10.0 Å². The largest absolute Gasteiger partial charge is 0.389 e. The lowest BCUT2D eigenvalue weighted by Crippen LogP contribution is -2.23. The van der Waals surface area contributed by atoms with Crippen LogP contribution >= 0.6 is 23.2 Å². The molecule has 13 heavy (non-hydrogen) atoms. The molecule has 0 radical (unpaired) electrons. The molecular formula is C10H10Cl2O. The van der Waals surface area contributed by atoms with Gasteiger partial charge in [0.2, 0.25) is 0 Å². The van der Waals surface area contributed by atoms with Crippen molar-refractivity contribution in [2.75, 3.05) is 0 Å². The average Bonchev–Trinajstić information content (AvgIpc) is 2.24. The van der Waals surface area contributed by atoms with Gasteiger partial charge in [0.05, 0.1) is 15.6 Å². The summed E-state index contributed by atoms with van der Waals surface area (Å²) in [6.45, 7) is 1.83. The zero-order chi connectivity index (χ0) is 9.64. The molecule has 0 saturated heterocycles. The van der Waals surface area contributed by atoms with Gasteiger partial charge in [-0.2, -0.15) is 0 Å². The molecule has 0 amide bonds. The van der Waals surface area contributed by atoms with Gasteiger partial charge >= 0.3 is 0 Å². The molecule has 0 spiro atoms.